The van der Waals surface area contributed by atoms with Crippen LogP contribution in [-0.4, -0.2) is 9.55 Å². The molecule has 0 bridgehead atoms. The molecule has 1 fully saturated rings. The van der Waals surface area contributed by atoms with Crippen molar-refractivity contribution in [2.75, 3.05) is 0 Å². The summed E-state index contributed by atoms with van der Waals surface area (Å²) in [5, 5.41) is 0. The van der Waals surface area contributed by atoms with Crippen molar-refractivity contribution in [2.45, 2.75) is 58.4 Å². The molecular weight excluding hydrogens is 292 g/mol. The minimum atomic E-state index is 0.622. The molecular formula is C22H26N2. The number of imidazole rings is 1. The van der Waals surface area contributed by atoms with E-state index >= 15 is 0 Å². The van der Waals surface area contributed by atoms with Crippen LogP contribution in [0.3, 0.4) is 0 Å². The average Bonchev–Trinajstić information content (AvgIpc) is 2.98. The fourth-order valence-corrected chi connectivity index (χ4v) is 4.07. The van der Waals surface area contributed by atoms with Crippen molar-refractivity contribution >= 4 is 11.0 Å². The molecule has 0 N–H and O–H groups in total. The monoisotopic (exact) mass is 318 g/mol. The van der Waals surface area contributed by atoms with Crippen molar-refractivity contribution in [1.29, 1.82) is 0 Å². The molecule has 3 aromatic rings. The van der Waals surface area contributed by atoms with E-state index in [0.29, 0.717) is 5.92 Å². The fourth-order valence-electron chi connectivity index (χ4n) is 4.07. The average molecular weight is 318 g/mol. The maximum Gasteiger partial charge on any atom is 0.113 e. The molecule has 0 unspecified atom stereocenters. The molecule has 4 rings (SSSR count). The van der Waals surface area contributed by atoms with Crippen molar-refractivity contribution < 1.29 is 0 Å². The zero-order valence-electron chi connectivity index (χ0n) is 14.8. The smallest absolute Gasteiger partial charge is 0.113 e. The summed E-state index contributed by atoms with van der Waals surface area (Å²) in [7, 11) is 0. The van der Waals surface area contributed by atoms with Crippen molar-refractivity contribution in [1.82, 2.24) is 9.55 Å². The largest absolute Gasteiger partial charge is 0.323 e. The molecule has 1 aliphatic rings. The van der Waals surface area contributed by atoms with Crippen molar-refractivity contribution in [2.24, 2.45) is 0 Å². The summed E-state index contributed by atoms with van der Waals surface area (Å²) in [4.78, 5) is 5.05. The van der Waals surface area contributed by atoms with Crippen LogP contribution in [0, 0.1) is 13.8 Å². The summed E-state index contributed by atoms with van der Waals surface area (Å²) < 4.78 is 2.48. The van der Waals surface area contributed by atoms with Crippen LogP contribution in [0.4, 0.5) is 0 Å². The van der Waals surface area contributed by atoms with Crippen molar-refractivity contribution in [3.63, 3.8) is 0 Å². The number of nitrogens with zero attached hydrogens (tertiary/aromatic N) is 2. The molecule has 2 nitrogen and oxygen atoms in total. The Kier molecular flexibility index (Phi) is 4.13. The number of aromatic nitrogens is 2. The number of benzene rings is 2. The molecule has 1 aromatic heterocycles. The van der Waals surface area contributed by atoms with E-state index in [2.05, 4.69) is 60.9 Å². The summed E-state index contributed by atoms with van der Waals surface area (Å²) in [6, 6.07) is 15.4. The van der Waals surface area contributed by atoms with Gasteiger partial charge in [-0.25, -0.2) is 4.98 Å². The van der Waals surface area contributed by atoms with Gasteiger partial charge >= 0.3 is 0 Å². The second-order valence-corrected chi connectivity index (χ2v) is 7.31. The van der Waals surface area contributed by atoms with Gasteiger partial charge in [0.15, 0.2) is 0 Å². The first-order chi connectivity index (χ1) is 11.7. The zero-order valence-corrected chi connectivity index (χ0v) is 14.8. The van der Waals surface area contributed by atoms with E-state index in [1.807, 2.05) is 0 Å². The van der Waals surface area contributed by atoms with Crippen LogP contribution >= 0.6 is 0 Å². The minimum Gasteiger partial charge on any atom is -0.323 e. The molecule has 2 aromatic carbocycles. The second-order valence-electron chi connectivity index (χ2n) is 7.31. The number of hydrogen-bond acceptors (Lipinski definition) is 1. The third kappa shape index (κ3) is 2.86. The first-order valence-corrected chi connectivity index (χ1v) is 9.23. The summed E-state index contributed by atoms with van der Waals surface area (Å²) in [6.45, 7) is 5.32. The lowest BCUT2D eigenvalue weighted by atomic mass is 9.88. The Morgan fingerprint density at radius 1 is 1.00 bits per heavy atom. The highest BCUT2D eigenvalue weighted by Crippen LogP contribution is 2.34. The predicted molar refractivity (Wildman–Crippen MR) is 101 cm³/mol. The SMILES string of the molecule is Cc1ccc(C)c(Cn2c(C3CCCCC3)nc3ccccc32)c1. The van der Waals surface area contributed by atoms with E-state index in [4.69, 9.17) is 4.98 Å². The third-order valence-electron chi connectivity index (χ3n) is 5.49. The second kappa shape index (κ2) is 6.43. The van der Waals surface area contributed by atoms with E-state index in [1.165, 1.54) is 60.1 Å². The first kappa shape index (κ1) is 15.4. The van der Waals surface area contributed by atoms with Gasteiger partial charge in [-0.05, 0) is 49.9 Å². The van der Waals surface area contributed by atoms with Gasteiger partial charge in [-0.15, -0.1) is 0 Å². The number of para-hydroxylation sites is 2. The third-order valence-corrected chi connectivity index (χ3v) is 5.49. The Balaban J connectivity index is 1.81. The molecule has 1 saturated carbocycles. The summed E-state index contributed by atoms with van der Waals surface area (Å²) in [5.74, 6) is 1.92. The molecule has 0 atom stereocenters. The van der Waals surface area contributed by atoms with Gasteiger partial charge in [0.05, 0.1) is 11.0 Å². The molecule has 0 radical (unpaired) electrons. The lowest BCUT2D eigenvalue weighted by Crippen LogP contribution is -2.13. The van der Waals surface area contributed by atoms with Gasteiger partial charge in [0, 0.05) is 12.5 Å². The quantitative estimate of drug-likeness (QED) is 0.601. The van der Waals surface area contributed by atoms with Gasteiger partial charge in [0.1, 0.15) is 5.82 Å². The highest BCUT2D eigenvalue weighted by atomic mass is 15.1. The number of aryl methyl sites for hydroxylation is 2. The van der Waals surface area contributed by atoms with Crippen LogP contribution in [-0.2, 0) is 6.54 Å². The predicted octanol–water partition coefficient (Wildman–Crippen LogP) is 5.75. The number of fused-ring (bicyclic) bond motifs is 1. The molecule has 1 aliphatic carbocycles. The van der Waals surface area contributed by atoms with Crippen LogP contribution in [0.15, 0.2) is 42.5 Å². The minimum absolute atomic E-state index is 0.622. The summed E-state index contributed by atoms with van der Waals surface area (Å²) >= 11 is 0. The lowest BCUT2D eigenvalue weighted by Gasteiger charge is -2.23. The van der Waals surface area contributed by atoms with Gasteiger partial charge in [0.2, 0.25) is 0 Å². The Morgan fingerprint density at radius 3 is 2.62 bits per heavy atom. The molecule has 0 spiro atoms. The van der Waals surface area contributed by atoms with E-state index in [0.717, 1.165) is 12.1 Å². The molecule has 124 valence electrons. The van der Waals surface area contributed by atoms with Crippen LogP contribution in [0.2, 0.25) is 0 Å². The van der Waals surface area contributed by atoms with E-state index in [9.17, 15) is 0 Å². The topological polar surface area (TPSA) is 17.8 Å². The van der Waals surface area contributed by atoms with Gasteiger partial charge in [-0.2, -0.15) is 0 Å². The van der Waals surface area contributed by atoms with Crippen LogP contribution in [0.1, 0.15) is 60.5 Å². The first-order valence-electron chi connectivity index (χ1n) is 9.23. The standard InChI is InChI=1S/C22H26N2/c1-16-12-13-17(2)19(14-16)15-24-21-11-7-6-10-20(21)23-22(24)18-8-4-3-5-9-18/h6-7,10-14,18H,3-5,8-9,15H2,1-2H3. The Morgan fingerprint density at radius 2 is 1.79 bits per heavy atom. The maximum absolute atomic E-state index is 5.05. The molecule has 0 aliphatic heterocycles. The van der Waals surface area contributed by atoms with Crippen LogP contribution in [0.5, 0.6) is 0 Å². The van der Waals surface area contributed by atoms with Crippen LogP contribution < -0.4 is 0 Å². The van der Waals surface area contributed by atoms with Gasteiger partial charge in [-0.1, -0.05) is 55.2 Å². The number of hydrogen-bond donors (Lipinski definition) is 0. The molecule has 0 saturated heterocycles. The van der Waals surface area contributed by atoms with Crippen molar-refractivity contribution in [3.8, 4) is 0 Å². The Hall–Kier alpha value is -2.09. The normalized spacial score (nSPS) is 15.9. The molecule has 0 amide bonds. The van der Waals surface area contributed by atoms with Gasteiger partial charge in [0.25, 0.3) is 0 Å². The lowest BCUT2D eigenvalue weighted by molar-refractivity contribution is 0.420. The van der Waals surface area contributed by atoms with Crippen LogP contribution in [0.25, 0.3) is 11.0 Å². The molecule has 2 heteroatoms. The number of rotatable bonds is 3. The van der Waals surface area contributed by atoms with E-state index in [1.54, 1.807) is 0 Å². The summed E-state index contributed by atoms with van der Waals surface area (Å²) in [6.07, 6.45) is 6.65. The van der Waals surface area contributed by atoms with E-state index in [-0.39, 0.29) is 0 Å². The zero-order chi connectivity index (χ0) is 16.5. The Labute approximate surface area is 144 Å². The fraction of sp³-hybridized carbons (Fsp3) is 0.409. The van der Waals surface area contributed by atoms with Crippen molar-refractivity contribution in [3.05, 3.63) is 65.0 Å². The van der Waals surface area contributed by atoms with Gasteiger partial charge in [-0.3, -0.25) is 0 Å². The highest BCUT2D eigenvalue weighted by molar-refractivity contribution is 5.76. The molecule has 24 heavy (non-hydrogen) atoms. The highest BCUT2D eigenvalue weighted by Gasteiger charge is 2.22. The van der Waals surface area contributed by atoms with Gasteiger partial charge < -0.3 is 4.57 Å². The maximum atomic E-state index is 5.05. The Bertz CT molecular complexity index is 854. The van der Waals surface area contributed by atoms with E-state index < -0.39 is 0 Å². The summed E-state index contributed by atoms with van der Waals surface area (Å²) in [5.41, 5.74) is 6.53. The molecule has 1 heterocycles.